The van der Waals surface area contributed by atoms with Crippen LogP contribution in [-0.2, 0) is 20.9 Å². The molecule has 1 aromatic heterocycles. The molecule has 0 aliphatic rings. The van der Waals surface area contributed by atoms with Gasteiger partial charge >= 0.3 is 5.97 Å². The third-order valence-electron chi connectivity index (χ3n) is 4.21. The molecule has 0 fully saturated rings. The fourth-order valence-corrected chi connectivity index (χ4v) is 3.57. The number of aryl methyl sites for hydroxylation is 2. The topological polar surface area (TPSA) is 68.7 Å². The second-order valence-corrected chi connectivity index (χ2v) is 7.48. The van der Waals surface area contributed by atoms with Crippen LogP contribution in [-0.4, -0.2) is 23.5 Å². The molecule has 0 atom stereocenters. The van der Waals surface area contributed by atoms with Crippen molar-refractivity contribution in [1.82, 2.24) is 4.98 Å². The molecular formula is C22H21FN2O4S. The van der Waals surface area contributed by atoms with Crippen molar-refractivity contribution < 1.29 is 23.5 Å². The Morgan fingerprint density at radius 3 is 2.67 bits per heavy atom. The van der Waals surface area contributed by atoms with Crippen molar-refractivity contribution in [2.24, 2.45) is 0 Å². The maximum Gasteiger partial charge on any atom is 0.344 e. The lowest BCUT2D eigenvalue weighted by molar-refractivity contribution is -0.147. The third-order valence-corrected chi connectivity index (χ3v) is 5.08. The van der Waals surface area contributed by atoms with Crippen molar-refractivity contribution in [2.75, 3.05) is 11.5 Å². The van der Waals surface area contributed by atoms with Crippen molar-refractivity contribution >= 4 is 34.0 Å². The van der Waals surface area contributed by atoms with E-state index >= 15 is 0 Å². The van der Waals surface area contributed by atoms with Gasteiger partial charge in [-0.25, -0.2) is 14.2 Å². The van der Waals surface area contributed by atoms with Gasteiger partial charge in [0.15, 0.2) is 11.7 Å². The minimum Gasteiger partial charge on any atom is -0.482 e. The van der Waals surface area contributed by atoms with Crippen LogP contribution in [0, 0.1) is 19.7 Å². The first-order chi connectivity index (χ1) is 14.3. The fraction of sp³-hybridized carbons (Fsp3) is 0.227. The van der Waals surface area contributed by atoms with E-state index in [1.54, 1.807) is 17.5 Å². The summed E-state index contributed by atoms with van der Waals surface area (Å²) in [7, 11) is 0. The molecule has 0 unspecified atom stereocenters. The number of halogens is 1. The predicted octanol–water partition coefficient (Wildman–Crippen LogP) is 4.71. The zero-order valence-electron chi connectivity index (χ0n) is 16.8. The highest BCUT2D eigenvalue weighted by Gasteiger charge is 2.21. The Balaban J connectivity index is 1.61. The van der Waals surface area contributed by atoms with E-state index in [-0.39, 0.29) is 24.8 Å². The predicted molar refractivity (Wildman–Crippen MR) is 113 cm³/mol. The molecule has 0 bridgehead atoms. The van der Waals surface area contributed by atoms with E-state index in [1.807, 2.05) is 32.0 Å². The Kier molecular flexibility index (Phi) is 6.79. The second kappa shape index (κ2) is 9.49. The Morgan fingerprint density at radius 2 is 1.93 bits per heavy atom. The van der Waals surface area contributed by atoms with Crippen molar-refractivity contribution in [2.45, 2.75) is 27.4 Å². The number of hydrogen-bond donors (Lipinski definition) is 0. The van der Waals surface area contributed by atoms with E-state index in [2.05, 4.69) is 4.98 Å². The molecule has 6 nitrogen and oxygen atoms in total. The van der Waals surface area contributed by atoms with Crippen LogP contribution in [0.1, 0.15) is 23.7 Å². The molecule has 156 valence electrons. The minimum absolute atomic E-state index is 0.0749. The average Bonchev–Trinajstić information content (AvgIpc) is 3.17. The monoisotopic (exact) mass is 428 g/mol. The Bertz CT molecular complexity index is 1070. The largest absolute Gasteiger partial charge is 0.482 e. The molecule has 0 N–H and O–H groups in total. The maximum atomic E-state index is 14.1. The number of anilines is 2. The maximum absolute atomic E-state index is 14.1. The smallest absolute Gasteiger partial charge is 0.344 e. The fourth-order valence-electron chi connectivity index (χ4n) is 2.70. The van der Waals surface area contributed by atoms with Crippen LogP contribution < -0.4 is 9.64 Å². The Hall–Kier alpha value is -3.26. The number of thiazole rings is 1. The lowest BCUT2D eigenvalue weighted by atomic mass is 10.1. The number of nitrogens with zero attached hydrogens (tertiary/aromatic N) is 2. The van der Waals surface area contributed by atoms with E-state index in [0.717, 1.165) is 22.5 Å². The first-order valence-electron chi connectivity index (χ1n) is 9.20. The number of rotatable bonds is 7. The third kappa shape index (κ3) is 5.21. The summed E-state index contributed by atoms with van der Waals surface area (Å²) < 4.78 is 24.9. The summed E-state index contributed by atoms with van der Waals surface area (Å²) in [5.74, 6) is -0.813. The van der Waals surface area contributed by atoms with Crippen LogP contribution in [0.15, 0.2) is 47.8 Å². The number of hydrogen-bond acceptors (Lipinski definition) is 6. The molecule has 30 heavy (non-hydrogen) atoms. The zero-order valence-corrected chi connectivity index (χ0v) is 17.7. The van der Waals surface area contributed by atoms with Gasteiger partial charge in [-0.15, -0.1) is 11.3 Å². The number of para-hydroxylation sites is 1. The van der Waals surface area contributed by atoms with Crippen LogP contribution in [0.5, 0.6) is 5.75 Å². The Morgan fingerprint density at radius 1 is 1.17 bits per heavy atom. The van der Waals surface area contributed by atoms with Gasteiger partial charge in [0, 0.05) is 12.3 Å². The summed E-state index contributed by atoms with van der Waals surface area (Å²) in [5, 5.41) is 1.95. The van der Waals surface area contributed by atoms with Crippen molar-refractivity contribution in [3.05, 3.63) is 70.5 Å². The van der Waals surface area contributed by atoms with E-state index in [0.29, 0.717) is 16.6 Å². The first kappa shape index (κ1) is 21.4. The van der Waals surface area contributed by atoms with Crippen LogP contribution in [0.2, 0.25) is 0 Å². The molecule has 0 radical (unpaired) electrons. The number of aromatic nitrogens is 1. The van der Waals surface area contributed by atoms with Gasteiger partial charge in [0.2, 0.25) is 5.91 Å². The van der Waals surface area contributed by atoms with Crippen molar-refractivity contribution in [3.8, 4) is 5.75 Å². The van der Waals surface area contributed by atoms with E-state index in [4.69, 9.17) is 9.47 Å². The van der Waals surface area contributed by atoms with Gasteiger partial charge in [-0.3, -0.25) is 9.69 Å². The number of esters is 1. The quantitative estimate of drug-likeness (QED) is 0.510. The summed E-state index contributed by atoms with van der Waals surface area (Å²) >= 11 is 1.16. The normalized spacial score (nSPS) is 10.5. The van der Waals surface area contributed by atoms with E-state index < -0.39 is 11.8 Å². The van der Waals surface area contributed by atoms with Crippen molar-refractivity contribution in [3.63, 3.8) is 0 Å². The van der Waals surface area contributed by atoms with Crippen molar-refractivity contribution in [1.29, 1.82) is 0 Å². The molecule has 0 saturated heterocycles. The minimum atomic E-state index is -0.539. The lowest BCUT2D eigenvalue weighted by Crippen LogP contribution is -2.23. The van der Waals surface area contributed by atoms with E-state index in [9.17, 15) is 14.0 Å². The number of carbonyl (C=O) groups is 2. The molecule has 0 saturated carbocycles. The molecule has 2 aromatic carbocycles. The molecule has 3 aromatic rings. The summed E-state index contributed by atoms with van der Waals surface area (Å²) in [6.45, 7) is 4.87. The van der Waals surface area contributed by atoms with Crippen LogP contribution in [0.25, 0.3) is 0 Å². The molecule has 0 spiro atoms. The van der Waals surface area contributed by atoms with Gasteiger partial charge in [-0.05, 0) is 43.2 Å². The number of benzene rings is 2. The Labute approximate surface area is 177 Å². The summed E-state index contributed by atoms with van der Waals surface area (Å²) in [6.07, 6.45) is 0. The zero-order chi connectivity index (χ0) is 21.7. The van der Waals surface area contributed by atoms with Gasteiger partial charge in [0.05, 0.1) is 11.4 Å². The number of ether oxygens (including phenoxy) is 2. The highest BCUT2D eigenvalue weighted by atomic mass is 32.1. The summed E-state index contributed by atoms with van der Waals surface area (Å²) in [5.41, 5.74) is 2.53. The first-order valence-corrected chi connectivity index (χ1v) is 10.1. The molecule has 8 heteroatoms. The SMILES string of the molecule is CC(=O)N(c1nc(COC(=O)COc2cc(C)ccc2C)cs1)c1ccccc1F. The standard InChI is InChI=1S/C22H21FN2O4S/c1-14-8-9-15(2)20(10-14)28-12-21(27)29-11-17-13-30-22(24-17)25(16(3)26)19-7-5-4-6-18(19)23/h4-10,13H,11-12H2,1-3H3. The molecule has 1 amide bonds. The molecule has 3 rings (SSSR count). The average molecular weight is 428 g/mol. The van der Waals surface area contributed by atoms with E-state index in [1.165, 1.54) is 24.0 Å². The van der Waals surface area contributed by atoms with Gasteiger partial charge in [0.25, 0.3) is 0 Å². The second-order valence-electron chi connectivity index (χ2n) is 6.65. The molecular weight excluding hydrogens is 407 g/mol. The van der Waals surface area contributed by atoms with Gasteiger partial charge in [0.1, 0.15) is 18.2 Å². The van der Waals surface area contributed by atoms with Crippen LogP contribution >= 0.6 is 11.3 Å². The molecule has 0 aliphatic carbocycles. The van der Waals surface area contributed by atoms with Crippen LogP contribution in [0.3, 0.4) is 0 Å². The molecule has 0 aliphatic heterocycles. The summed E-state index contributed by atoms with van der Waals surface area (Å²) in [4.78, 5) is 29.6. The number of carbonyl (C=O) groups excluding carboxylic acids is 2. The summed E-state index contributed by atoms with van der Waals surface area (Å²) in [6, 6.07) is 11.7. The number of amides is 1. The van der Waals surface area contributed by atoms with Crippen LogP contribution in [0.4, 0.5) is 15.2 Å². The highest BCUT2D eigenvalue weighted by Crippen LogP contribution is 2.30. The highest BCUT2D eigenvalue weighted by molar-refractivity contribution is 7.14. The van der Waals surface area contributed by atoms with Gasteiger partial charge < -0.3 is 9.47 Å². The van der Waals surface area contributed by atoms with Gasteiger partial charge in [-0.1, -0.05) is 24.3 Å². The molecule has 1 heterocycles. The van der Waals surface area contributed by atoms with Gasteiger partial charge in [-0.2, -0.15) is 0 Å². The lowest BCUT2D eigenvalue weighted by Gasteiger charge is -2.18.